The monoisotopic (exact) mass is 165 g/mol. The summed E-state index contributed by atoms with van der Waals surface area (Å²) in [7, 11) is 0. The number of carboxylic acids is 1. The van der Waals surface area contributed by atoms with Crippen molar-refractivity contribution in [3.8, 4) is 0 Å². The summed E-state index contributed by atoms with van der Waals surface area (Å²) in [6, 6.07) is 3.81. The number of aryl methyl sites for hydroxylation is 1. The fourth-order valence-corrected chi connectivity index (χ4v) is 0.993. The third-order valence-corrected chi connectivity index (χ3v) is 1.61. The number of rotatable bonds is 4. The zero-order chi connectivity index (χ0) is 8.81. The highest BCUT2D eigenvalue weighted by atomic mass is 16.4. The normalized spacial score (nSPS) is 9.67. The first-order valence-corrected chi connectivity index (χ1v) is 3.90. The van der Waals surface area contributed by atoms with E-state index in [2.05, 4.69) is 4.98 Å². The van der Waals surface area contributed by atoms with Crippen molar-refractivity contribution < 1.29 is 9.90 Å². The van der Waals surface area contributed by atoms with Gasteiger partial charge in [-0.3, -0.25) is 9.78 Å². The molecule has 0 saturated heterocycles. The number of aromatic nitrogens is 1. The highest BCUT2D eigenvalue weighted by molar-refractivity contribution is 5.66. The lowest BCUT2D eigenvalue weighted by Gasteiger charge is -1.97. The third-order valence-electron chi connectivity index (χ3n) is 1.61. The second-order valence-corrected chi connectivity index (χ2v) is 2.60. The zero-order valence-corrected chi connectivity index (χ0v) is 6.73. The molecule has 0 aromatic carbocycles. The minimum absolute atomic E-state index is 0.238. The van der Waals surface area contributed by atoms with Crippen LogP contribution in [0.2, 0.25) is 0 Å². The highest BCUT2D eigenvalue weighted by Gasteiger charge is 1.96. The fraction of sp³-hybridized carbons (Fsp3) is 0.333. The molecular formula is C9H11NO2. The summed E-state index contributed by atoms with van der Waals surface area (Å²) in [6.45, 7) is 0. The van der Waals surface area contributed by atoms with Crippen LogP contribution in [0.5, 0.6) is 0 Å². The van der Waals surface area contributed by atoms with Gasteiger partial charge in [0, 0.05) is 18.8 Å². The first-order valence-electron chi connectivity index (χ1n) is 3.90. The lowest BCUT2D eigenvalue weighted by Crippen LogP contribution is -1.95. The van der Waals surface area contributed by atoms with Gasteiger partial charge < -0.3 is 5.11 Å². The van der Waals surface area contributed by atoms with E-state index >= 15 is 0 Å². The van der Waals surface area contributed by atoms with Gasteiger partial charge in [-0.15, -0.1) is 0 Å². The Hall–Kier alpha value is -1.38. The van der Waals surface area contributed by atoms with Crippen LogP contribution in [-0.4, -0.2) is 16.1 Å². The van der Waals surface area contributed by atoms with E-state index in [9.17, 15) is 4.79 Å². The van der Waals surface area contributed by atoms with Crippen LogP contribution in [0.1, 0.15) is 18.4 Å². The van der Waals surface area contributed by atoms with Crippen LogP contribution in [0, 0.1) is 0 Å². The van der Waals surface area contributed by atoms with Gasteiger partial charge in [0.2, 0.25) is 0 Å². The minimum atomic E-state index is -0.732. The topological polar surface area (TPSA) is 50.2 Å². The molecule has 1 rings (SSSR count). The van der Waals surface area contributed by atoms with Crippen molar-refractivity contribution >= 4 is 5.97 Å². The molecule has 1 N–H and O–H groups in total. The Balaban J connectivity index is 2.29. The van der Waals surface area contributed by atoms with Crippen LogP contribution in [-0.2, 0) is 11.2 Å². The van der Waals surface area contributed by atoms with E-state index in [-0.39, 0.29) is 6.42 Å². The number of hydrogen-bond acceptors (Lipinski definition) is 2. The number of hydrogen-bond donors (Lipinski definition) is 1. The molecule has 1 heterocycles. The Kier molecular flexibility index (Phi) is 3.26. The molecule has 1 aromatic heterocycles. The maximum Gasteiger partial charge on any atom is 0.303 e. The van der Waals surface area contributed by atoms with E-state index in [0.717, 1.165) is 12.0 Å². The maximum atomic E-state index is 10.2. The number of nitrogens with zero attached hydrogens (tertiary/aromatic N) is 1. The fourth-order valence-electron chi connectivity index (χ4n) is 0.993. The molecule has 1 aromatic rings. The maximum absolute atomic E-state index is 10.2. The van der Waals surface area contributed by atoms with E-state index < -0.39 is 5.97 Å². The van der Waals surface area contributed by atoms with Crippen LogP contribution in [0.4, 0.5) is 0 Å². The Bertz CT molecular complexity index is 246. The van der Waals surface area contributed by atoms with E-state index in [1.807, 2.05) is 12.1 Å². The molecule has 0 radical (unpaired) electrons. The van der Waals surface area contributed by atoms with E-state index in [1.165, 1.54) is 0 Å². The molecule has 64 valence electrons. The SMILES string of the molecule is O=C(O)CCCc1ccncc1. The van der Waals surface area contributed by atoms with Crippen molar-refractivity contribution in [2.24, 2.45) is 0 Å². The predicted octanol–water partition coefficient (Wildman–Crippen LogP) is 1.49. The smallest absolute Gasteiger partial charge is 0.303 e. The van der Waals surface area contributed by atoms with Crippen molar-refractivity contribution in [1.82, 2.24) is 4.98 Å². The molecule has 3 nitrogen and oxygen atoms in total. The van der Waals surface area contributed by atoms with Gasteiger partial charge in [0.15, 0.2) is 0 Å². The van der Waals surface area contributed by atoms with Crippen molar-refractivity contribution in [3.63, 3.8) is 0 Å². The summed E-state index contributed by atoms with van der Waals surface area (Å²) in [6.07, 6.45) is 5.18. The number of pyridine rings is 1. The van der Waals surface area contributed by atoms with Crippen LogP contribution >= 0.6 is 0 Å². The average molecular weight is 165 g/mol. The largest absolute Gasteiger partial charge is 0.481 e. The van der Waals surface area contributed by atoms with Gasteiger partial charge >= 0.3 is 5.97 Å². The van der Waals surface area contributed by atoms with Crippen LogP contribution < -0.4 is 0 Å². The molecule has 0 aliphatic rings. The summed E-state index contributed by atoms with van der Waals surface area (Å²) in [4.78, 5) is 14.0. The van der Waals surface area contributed by atoms with Crippen LogP contribution in [0.3, 0.4) is 0 Å². The molecule has 3 heteroatoms. The third kappa shape index (κ3) is 3.14. The second-order valence-electron chi connectivity index (χ2n) is 2.60. The molecule has 0 aliphatic carbocycles. The number of carbonyl (C=O) groups is 1. The first-order chi connectivity index (χ1) is 5.79. The van der Waals surface area contributed by atoms with Crippen molar-refractivity contribution in [1.29, 1.82) is 0 Å². The Morgan fingerprint density at radius 2 is 2.08 bits per heavy atom. The Labute approximate surface area is 71.1 Å². The van der Waals surface area contributed by atoms with Crippen molar-refractivity contribution in [3.05, 3.63) is 30.1 Å². The molecule has 0 spiro atoms. The molecule has 0 unspecified atom stereocenters. The van der Waals surface area contributed by atoms with Gasteiger partial charge in [-0.25, -0.2) is 0 Å². The summed E-state index contributed by atoms with van der Waals surface area (Å²) in [5, 5.41) is 8.38. The first kappa shape index (κ1) is 8.71. The number of carboxylic acid groups (broad SMARTS) is 1. The van der Waals surface area contributed by atoms with Crippen LogP contribution in [0.25, 0.3) is 0 Å². The van der Waals surface area contributed by atoms with Gasteiger partial charge in [-0.2, -0.15) is 0 Å². The molecular weight excluding hydrogens is 154 g/mol. The van der Waals surface area contributed by atoms with Gasteiger partial charge in [-0.05, 0) is 30.5 Å². The molecule has 12 heavy (non-hydrogen) atoms. The summed E-state index contributed by atoms with van der Waals surface area (Å²) in [5.41, 5.74) is 1.14. The quantitative estimate of drug-likeness (QED) is 0.735. The standard InChI is InChI=1S/C9H11NO2/c11-9(12)3-1-2-8-4-6-10-7-5-8/h4-7H,1-3H2,(H,11,12). The van der Waals surface area contributed by atoms with Gasteiger partial charge in [0.05, 0.1) is 0 Å². The molecule has 0 saturated carbocycles. The van der Waals surface area contributed by atoms with Crippen LogP contribution in [0.15, 0.2) is 24.5 Å². The highest BCUT2D eigenvalue weighted by Crippen LogP contribution is 2.02. The molecule has 0 fully saturated rings. The summed E-state index contributed by atoms with van der Waals surface area (Å²) >= 11 is 0. The van der Waals surface area contributed by atoms with Crippen molar-refractivity contribution in [2.45, 2.75) is 19.3 Å². The minimum Gasteiger partial charge on any atom is -0.481 e. The zero-order valence-electron chi connectivity index (χ0n) is 6.73. The summed E-state index contributed by atoms with van der Waals surface area (Å²) in [5.74, 6) is -0.732. The molecule has 0 aliphatic heterocycles. The second kappa shape index (κ2) is 4.49. The Morgan fingerprint density at radius 3 is 2.67 bits per heavy atom. The van der Waals surface area contributed by atoms with Crippen molar-refractivity contribution in [2.75, 3.05) is 0 Å². The van der Waals surface area contributed by atoms with Gasteiger partial charge in [0.25, 0.3) is 0 Å². The average Bonchev–Trinajstić information content (AvgIpc) is 2.05. The van der Waals surface area contributed by atoms with Gasteiger partial charge in [0.1, 0.15) is 0 Å². The lowest BCUT2D eigenvalue weighted by atomic mass is 10.1. The van der Waals surface area contributed by atoms with E-state index in [4.69, 9.17) is 5.11 Å². The Morgan fingerprint density at radius 1 is 1.42 bits per heavy atom. The van der Waals surface area contributed by atoms with Gasteiger partial charge in [-0.1, -0.05) is 0 Å². The summed E-state index contributed by atoms with van der Waals surface area (Å²) < 4.78 is 0. The molecule has 0 amide bonds. The van der Waals surface area contributed by atoms with E-state index in [1.54, 1.807) is 12.4 Å². The van der Waals surface area contributed by atoms with E-state index in [0.29, 0.717) is 6.42 Å². The molecule has 0 bridgehead atoms. The predicted molar refractivity (Wildman–Crippen MR) is 44.8 cm³/mol. The number of aliphatic carboxylic acids is 1. The lowest BCUT2D eigenvalue weighted by molar-refractivity contribution is -0.137. The molecule has 0 atom stereocenters.